The Labute approximate surface area is 190 Å². The second-order valence-electron chi connectivity index (χ2n) is 8.03. The Hall–Kier alpha value is -2.99. The van der Waals surface area contributed by atoms with Crippen LogP contribution in [0, 0.1) is 0 Å². The topological polar surface area (TPSA) is 63.4 Å². The fourth-order valence-electron chi connectivity index (χ4n) is 4.15. The first kappa shape index (κ1) is 22.2. The van der Waals surface area contributed by atoms with E-state index in [0.29, 0.717) is 0 Å². The summed E-state index contributed by atoms with van der Waals surface area (Å²) >= 11 is 0. The average Bonchev–Trinajstić information content (AvgIpc) is 2.81. The number of sulfonamides is 1. The molecular formula is C27H28N2O2S. The van der Waals surface area contributed by atoms with E-state index in [9.17, 15) is 8.42 Å². The van der Waals surface area contributed by atoms with Crippen molar-refractivity contribution < 1.29 is 8.42 Å². The summed E-state index contributed by atoms with van der Waals surface area (Å²) in [7, 11) is -3.65. The zero-order chi connectivity index (χ0) is 22.4. The largest absolute Gasteiger partial charge is 0.299 e. The third kappa shape index (κ3) is 5.62. The fourth-order valence-corrected chi connectivity index (χ4v) is 4.66. The fraction of sp³-hybridized carbons (Fsp3) is 0.185. The normalized spacial score (nSPS) is 15.2. The van der Waals surface area contributed by atoms with Crippen molar-refractivity contribution in [1.82, 2.24) is 4.90 Å². The lowest BCUT2D eigenvalue weighted by atomic mass is 9.88. The molecule has 0 saturated carbocycles. The van der Waals surface area contributed by atoms with Crippen LogP contribution >= 0.6 is 0 Å². The van der Waals surface area contributed by atoms with Crippen molar-refractivity contribution >= 4 is 21.7 Å². The number of nitrogens with zero attached hydrogens (tertiary/aromatic N) is 1. The molecule has 4 rings (SSSR count). The van der Waals surface area contributed by atoms with E-state index in [-0.39, 0.29) is 4.90 Å². The highest BCUT2D eigenvalue weighted by Crippen LogP contribution is 2.32. The predicted octanol–water partition coefficient (Wildman–Crippen LogP) is 4.95. The second-order valence-corrected chi connectivity index (χ2v) is 9.59. The number of nitrogens with two attached hydrogens (primary N) is 1. The smallest absolute Gasteiger partial charge is 0.238 e. The molecule has 1 aliphatic rings. The first-order valence-electron chi connectivity index (χ1n) is 10.9. The Bertz CT molecular complexity index is 1150. The number of hydrogen-bond acceptors (Lipinski definition) is 3. The van der Waals surface area contributed by atoms with Gasteiger partial charge >= 0.3 is 0 Å². The van der Waals surface area contributed by atoms with Gasteiger partial charge in [-0.3, -0.25) is 4.90 Å². The lowest BCUT2D eigenvalue weighted by Crippen LogP contribution is -2.31. The maximum Gasteiger partial charge on any atom is 0.238 e. The molecule has 2 N–H and O–H groups in total. The summed E-state index contributed by atoms with van der Waals surface area (Å²) in [4.78, 5) is 2.59. The molecule has 0 atom stereocenters. The van der Waals surface area contributed by atoms with Crippen molar-refractivity contribution in [2.45, 2.75) is 17.7 Å². The first-order valence-corrected chi connectivity index (χ1v) is 12.4. The van der Waals surface area contributed by atoms with Gasteiger partial charge in [-0.15, -0.1) is 0 Å². The van der Waals surface area contributed by atoms with Crippen LogP contribution in [0.5, 0.6) is 0 Å². The number of primary sulfonamides is 1. The Balaban J connectivity index is 1.42. The number of piperidine rings is 1. The molecule has 0 bridgehead atoms. The molecule has 164 valence electrons. The van der Waals surface area contributed by atoms with Gasteiger partial charge in [0, 0.05) is 19.6 Å². The van der Waals surface area contributed by atoms with Gasteiger partial charge in [0.25, 0.3) is 0 Å². The lowest BCUT2D eigenvalue weighted by Gasteiger charge is -2.29. The molecule has 1 fully saturated rings. The molecule has 1 saturated heterocycles. The van der Waals surface area contributed by atoms with Gasteiger partial charge in [0.15, 0.2) is 0 Å². The van der Waals surface area contributed by atoms with Crippen LogP contribution in [-0.4, -0.2) is 33.0 Å². The molecule has 0 amide bonds. The van der Waals surface area contributed by atoms with Crippen molar-refractivity contribution in [2.24, 2.45) is 5.14 Å². The minimum absolute atomic E-state index is 0.137. The highest BCUT2D eigenvalue weighted by molar-refractivity contribution is 7.89. The maximum absolute atomic E-state index is 11.4. The van der Waals surface area contributed by atoms with Gasteiger partial charge < -0.3 is 0 Å². The molecule has 32 heavy (non-hydrogen) atoms. The summed E-state index contributed by atoms with van der Waals surface area (Å²) in [6, 6.07) is 28.0. The Morgan fingerprint density at radius 1 is 0.812 bits per heavy atom. The highest BCUT2D eigenvalue weighted by Gasteiger charge is 2.18. The summed E-state index contributed by atoms with van der Waals surface area (Å²) in [5.41, 5.74) is 6.41. The molecule has 0 unspecified atom stereocenters. The first-order chi connectivity index (χ1) is 15.5. The van der Waals surface area contributed by atoms with Crippen LogP contribution in [0.3, 0.4) is 0 Å². The molecule has 3 aromatic rings. The number of hydrogen-bond donors (Lipinski definition) is 1. The van der Waals surface area contributed by atoms with Crippen molar-refractivity contribution in [3.63, 3.8) is 0 Å². The summed E-state index contributed by atoms with van der Waals surface area (Å²) < 4.78 is 22.7. The molecule has 5 heteroatoms. The Kier molecular flexibility index (Phi) is 7.00. The van der Waals surface area contributed by atoms with Crippen LogP contribution in [0.2, 0.25) is 0 Å². The van der Waals surface area contributed by atoms with Crippen molar-refractivity contribution in [3.8, 4) is 0 Å². The van der Waals surface area contributed by atoms with E-state index in [4.69, 9.17) is 5.14 Å². The number of rotatable bonds is 6. The molecule has 0 spiro atoms. The van der Waals surface area contributed by atoms with E-state index in [1.807, 2.05) is 6.08 Å². The quantitative estimate of drug-likeness (QED) is 0.585. The van der Waals surface area contributed by atoms with E-state index in [2.05, 4.69) is 71.6 Å². The minimum Gasteiger partial charge on any atom is -0.299 e. The Morgan fingerprint density at radius 2 is 1.34 bits per heavy atom. The third-order valence-electron chi connectivity index (χ3n) is 5.82. The zero-order valence-corrected chi connectivity index (χ0v) is 18.8. The molecule has 0 radical (unpaired) electrons. The highest BCUT2D eigenvalue weighted by atomic mass is 32.2. The van der Waals surface area contributed by atoms with E-state index in [1.165, 1.54) is 22.3 Å². The van der Waals surface area contributed by atoms with Gasteiger partial charge in [-0.25, -0.2) is 13.6 Å². The van der Waals surface area contributed by atoms with Crippen LogP contribution in [-0.2, 0) is 10.0 Å². The minimum atomic E-state index is -3.65. The summed E-state index contributed by atoms with van der Waals surface area (Å²) in [6.45, 7) is 2.91. The van der Waals surface area contributed by atoms with Crippen LogP contribution < -0.4 is 5.14 Å². The third-order valence-corrected chi connectivity index (χ3v) is 6.75. The summed E-state index contributed by atoms with van der Waals surface area (Å²) in [5.74, 6) is 0. The zero-order valence-electron chi connectivity index (χ0n) is 18.0. The van der Waals surface area contributed by atoms with Crippen LogP contribution in [0.25, 0.3) is 11.6 Å². The van der Waals surface area contributed by atoms with Gasteiger partial charge in [0.1, 0.15) is 0 Å². The number of benzene rings is 3. The van der Waals surface area contributed by atoms with Gasteiger partial charge in [0.2, 0.25) is 10.0 Å². The van der Waals surface area contributed by atoms with Crippen molar-refractivity contribution in [1.29, 1.82) is 0 Å². The van der Waals surface area contributed by atoms with Gasteiger partial charge in [-0.2, -0.15) is 0 Å². The standard InChI is InChI=1S/C27H28N2O2S/c28-32(30,31)26-15-13-22(14-16-26)8-7-19-29-20-17-25(18-21-29)27(23-9-3-1-4-10-23)24-11-5-2-6-12-24/h1-16H,17-21H2,(H2,28,30,31)/b8-7+. The second kappa shape index (κ2) is 10.1. The summed E-state index contributed by atoms with van der Waals surface area (Å²) in [6.07, 6.45) is 6.26. The van der Waals surface area contributed by atoms with E-state index in [1.54, 1.807) is 24.3 Å². The van der Waals surface area contributed by atoms with Crippen LogP contribution in [0.4, 0.5) is 0 Å². The lowest BCUT2D eigenvalue weighted by molar-refractivity contribution is 0.284. The van der Waals surface area contributed by atoms with Gasteiger partial charge in [-0.05, 0) is 47.2 Å². The molecule has 1 aliphatic heterocycles. The van der Waals surface area contributed by atoms with E-state index >= 15 is 0 Å². The van der Waals surface area contributed by atoms with Crippen molar-refractivity contribution in [2.75, 3.05) is 19.6 Å². The molecular weight excluding hydrogens is 416 g/mol. The van der Waals surface area contributed by atoms with E-state index < -0.39 is 10.0 Å². The molecule has 3 aromatic carbocycles. The maximum atomic E-state index is 11.4. The van der Waals surface area contributed by atoms with Crippen molar-refractivity contribution in [3.05, 3.63) is 113 Å². The monoisotopic (exact) mass is 444 g/mol. The van der Waals surface area contributed by atoms with Crippen LogP contribution in [0.1, 0.15) is 29.5 Å². The molecule has 0 aromatic heterocycles. The van der Waals surface area contributed by atoms with E-state index in [0.717, 1.165) is 38.0 Å². The summed E-state index contributed by atoms with van der Waals surface area (Å²) in [5, 5.41) is 5.15. The van der Waals surface area contributed by atoms with Gasteiger partial charge in [0.05, 0.1) is 4.90 Å². The molecule has 1 heterocycles. The van der Waals surface area contributed by atoms with Gasteiger partial charge in [-0.1, -0.05) is 90.5 Å². The predicted molar refractivity (Wildman–Crippen MR) is 131 cm³/mol. The number of likely N-dealkylation sites (tertiary alicyclic amines) is 1. The SMILES string of the molecule is NS(=O)(=O)c1ccc(/C=C/CN2CCC(=C(c3ccccc3)c3ccccc3)CC2)cc1. The Morgan fingerprint density at radius 3 is 1.84 bits per heavy atom. The van der Waals surface area contributed by atoms with Crippen LogP contribution in [0.15, 0.2) is 101 Å². The average molecular weight is 445 g/mol. The molecule has 0 aliphatic carbocycles. The molecule has 4 nitrogen and oxygen atoms in total.